The molecule has 1 fully saturated rings. The second kappa shape index (κ2) is 6.86. The Morgan fingerprint density at radius 2 is 2.30 bits per heavy atom. The number of carbonyl (C=O) groups is 1. The highest BCUT2D eigenvalue weighted by Gasteiger charge is 2.26. The second-order valence-corrected chi connectivity index (χ2v) is 6.31. The van der Waals surface area contributed by atoms with Crippen LogP contribution in [0.5, 0.6) is 5.75 Å². The number of hydrogen-bond donors (Lipinski definition) is 0. The van der Waals surface area contributed by atoms with Crippen LogP contribution in [0.1, 0.15) is 28.9 Å². The Morgan fingerprint density at radius 1 is 1.43 bits per heavy atom. The SMILES string of the molecule is Cc1cccc(OCC2CCCN(C(=O)c3cn(C)cn3)C2)c1. The van der Waals surface area contributed by atoms with Gasteiger partial charge in [-0.15, -0.1) is 0 Å². The van der Waals surface area contributed by atoms with Crippen molar-refractivity contribution in [1.82, 2.24) is 14.5 Å². The van der Waals surface area contributed by atoms with Gasteiger partial charge < -0.3 is 14.2 Å². The van der Waals surface area contributed by atoms with Gasteiger partial charge in [0, 0.05) is 32.3 Å². The first-order chi connectivity index (χ1) is 11.1. The first kappa shape index (κ1) is 15.6. The van der Waals surface area contributed by atoms with Gasteiger partial charge >= 0.3 is 0 Å². The quantitative estimate of drug-likeness (QED) is 0.872. The molecular formula is C18H23N3O2. The molecule has 23 heavy (non-hydrogen) atoms. The van der Waals surface area contributed by atoms with Gasteiger partial charge in [0.15, 0.2) is 0 Å². The zero-order valence-electron chi connectivity index (χ0n) is 13.7. The predicted octanol–water partition coefficient (Wildman–Crippen LogP) is 2.66. The number of ether oxygens (including phenoxy) is 1. The van der Waals surface area contributed by atoms with Gasteiger partial charge in [-0.25, -0.2) is 4.98 Å². The van der Waals surface area contributed by atoms with E-state index in [2.05, 4.69) is 18.0 Å². The fourth-order valence-electron chi connectivity index (χ4n) is 2.99. The summed E-state index contributed by atoms with van der Waals surface area (Å²) < 4.78 is 7.71. The Morgan fingerprint density at radius 3 is 3.04 bits per heavy atom. The van der Waals surface area contributed by atoms with E-state index in [-0.39, 0.29) is 5.91 Å². The molecule has 1 aliphatic rings. The number of aromatic nitrogens is 2. The van der Waals surface area contributed by atoms with Crippen LogP contribution >= 0.6 is 0 Å². The van der Waals surface area contributed by atoms with Gasteiger partial charge in [0.2, 0.25) is 0 Å². The molecular weight excluding hydrogens is 290 g/mol. The molecule has 0 saturated carbocycles. The zero-order chi connectivity index (χ0) is 16.2. The van der Waals surface area contributed by atoms with Crippen molar-refractivity contribution in [2.75, 3.05) is 19.7 Å². The molecule has 0 bridgehead atoms. The van der Waals surface area contributed by atoms with Crippen molar-refractivity contribution < 1.29 is 9.53 Å². The molecule has 1 aliphatic heterocycles. The van der Waals surface area contributed by atoms with Crippen molar-refractivity contribution >= 4 is 5.91 Å². The maximum absolute atomic E-state index is 12.5. The van der Waals surface area contributed by atoms with Crippen molar-refractivity contribution in [2.24, 2.45) is 13.0 Å². The summed E-state index contributed by atoms with van der Waals surface area (Å²) in [5, 5.41) is 0. The van der Waals surface area contributed by atoms with Crippen molar-refractivity contribution in [3.63, 3.8) is 0 Å². The summed E-state index contributed by atoms with van der Waals surface area (Å²) in [6.45, 7) is 4.24. The minimum atomic E-state index is 0.0193. The van der Waals surface area contributed by atoms with Crippen molar-refractivity contribution in [3.05, 3.63) is 48.0 Å². The molecule has 5 heteroatoms. The van der Waals surface area contributed by atoms with E-state index in [0.29, 0.717) is 18.2 Å². The van der Waals surface area contributed by atoms with Gasteiger partial charge in [-0.1, -0.05) is 12.1 Å². The third-order valence-electron chi connectivity index (χ3n) is 4.21. The lowest BCUT2D eigenvalue weighted by Crippen LogP contribution is -2.41. The molecule has 1 unspecified atom stereocenters. The topological polar surface area (TPSA) is 47.4 Å². The third kappa shape index (κ3) is 3.92. The highest BCUT2D eigenvalue weighted by molar-refractivity contribution is 5.92. The summed E-state index contributed by atoms with van der Waals surface area (Å²) in [6.07, 6.45) is 5.54. The van der Waals surface area contributed by atoms with E-state index in [9.17, 15) is 4.79 Å². The Kier molecular flexibility index (Phi) is 4.65. The van der Waals surface area contributed by atoms with E-state index in [1.54, 1.807) is 17.1 Å². The number of aryl methyl sites for hydroxylation is 2. The number of benzene rings is 1. The number of nitrogens with zero attached hydrogens (tertiary/aromatic N) is 3. The predicted molar refractivity (Wildman–Crippen MR) is 88.5 cm³/mol. The number of amides is 1. The Labute approximate surface area is 136 Å². The first-order valence-electron chi connectivity index (χ1n) is 8.08. The molecule has 3 rings (SSSR count). The number of likely N-dealkylation sites (tertiary alicyclic amines) is 1. The largest absolute Gasteiger partial charge is 0.493 e. The van der Waals surface area contributed by atoms with Crippen molar-refractivity contribution in [1.29, 1.82) is 0 Å². The summed E-state index contributed by atoms with van der Waals surface area (Å²) in [5.41, 5.74) is 1.71. The summed E-state index contributed by atoms with van der Waals surface area (Å²) in [5.74, 6) is 1.29. The maximum atomic E-state index is 12.5. The molecule has 1 amide bonds. The van der Waals surface area contributed by atoms with Crippen LogP contribution in [-0.2, 0) is 7.05 Å². The van der Waals surface area contributed by atoms with Gasteiger partial charge in [0.25, 0.3) is 5.91 Å². The molecule has 1 atom stereocenters. The summed E-state index contributed by atoms with van der Waals surface area (Å²) in [6, 6.07) is 8.08. The molecule has 1 saturated heterocycles. The molecule has 5 nitrogen and oxygen atoms in total. The van der Waals surface area contributed by atoms with Crippen molar-refractivity contribution in [3.8, 4) is 5.75 Å². The van der Waals surface area contributed by atoms with Gasteiger partial charge in [0.05, 0.1) is 12.9 Å². The fourth-order valence-corrected chi connectivity index (χ4v) is 2.99. The number of imidazole rings is 1. The monoisotopic (exact) mass is 313 g/mol. The normalized spacial score (nSPS) is 18.0. The number of piperidine rings is 1. The number of hydrogen-bond acceptors (Lipinski definition) is 3. The average molecular weight is 313 g/mol. The standard InChI is InChI=1S/C18H23N3O2/c1-14-5-3-7-16(9-14)23-12-15-6-4-8-21(10-15)18(22)17-11-20(2)13-19-17/h3,5,7,9,11,13,15H,4,6,8,10,12H2,1-2H3. The van der Waals surface area contributed by atoms with Crippen LogP contribution < -0.4 is 4.74 Å². The van der Waals surface area contributed by atoms with E-state index < -0.39 is 0 Å². The minimum Gasteiger partial charge on any atom is -0.493 e. The van der Waals surface area contributed by atoms with E-state index in [0.717, 1.165) is 31.7 Å². The Hall–Kier alpha value is -2.30. The molecule has 122 valence electrons. The fraction of sp³-hybridized carbons (Fsp3) is 0.444. The zero-order valence-corrected chi connectivity index (χ0v) is 13.7. The van der Waals surface area contributed by atoms with E-state index in [1.807, 2.05) is 30.1 Å². The van der Waals surface area contributed by atoms with Gasteiger partial charge in [0.1, 0.15) is 11.4 Å². The minimum absolute atomic E-state index is 0.0193. The van der Waals surface area contributed by atoms with Crippen LogP contribution in [0.25, 0.3) is 0 Å². The Bertz CT molecular complexity index is 680. The Balaban J connectivity index is 1.56. The highest BCUT2D eigenvalue weighted by Crippen LogP contribution is 2.20. The number of rotatable bonds is 4. The lowest BCUT2D eigenvalue weighted by Gasteiger charge is -2.32. The highest BCUT2D eigenvalue weighted by atomic mass is 16.5. The van der Waals surface area contributed by atoms with Crippen LogP contribution in [0.3, 0.4) is 0 Å². The third-order valence-corrected chi connectivity index (χ3v) is 4.21. The molecule has 1 aromatic carbocycles. The van der Waals surface area contributed by atoms with Gasteiger partial charge in [-0.05, 0) is 37.5 Å². The summed E-state index contributed by atoms with van der Waals surface area (Å²) in [4.78, 5) is 18.5. The van der Waals surface area contributed by atoms with Gasteiger partial charge in [-0.3, -0.25) is 4.79 Å². The lowest BCUT2D eigenvalue weighted by molar-refractivity contribution is 0.0628. The molecule has 0 N–H and O–H groups in total. The smallest absolute Gasteiger partial charge is 0.274 e. The van der Waals surface area contributed by atoms with Crippen LogP contribution in [-0.4, -0.2) is 40.1 Å². The molecule has 2 heterocycles. The molecule has 0 aliphatic carbocycles. The van der Waals surface area contributed by atoms with Crippen LogP contribution in [0.4, 0.5) is 0 Å². The molecule has 0 radical (unpaired) electrons. The summed E-state index contributed by atoms with van der Waals surface area (Å²) in [7, 11) is 1.87. The van der Waals surface area contributed by atoms with E-state index in [4.69, 9.17) is 4.74 Å². The lowest BCUT2D eigenvalue weighted by atomic mass is 9.98. The molecule has 0 spiro atoms. The summed E-state index contributed by atoms with van der Waals surface area (Å²) >= 11 is 0. The molecule has 2 aromatic rings. The van der Waals surface area contributed by atoms with Crippen LogP contribution in [0.2, 0.25) is 0 Å². The first-order valence-corrected chi connectivity index (χ1v) is 8.08. The maximum Gasteiger partial charge on any atom is 0.274 e. The van der Waals surface area contributed by atoms with Crippen LogP contribution in [0.15, 0.2) is 36.8 Å². The van der Waals surface area contributed by atoms with Crippen LogP contribution in [0, 0.1) is 12.8 Å². The van der Waals surface area contributed by atoms with E-state index >= 15 is 0 Å². The second-order valence-electron chi connectivity index (χ2n) is 6.31. The molecule has 1 aromatic heterocycles. The van der Waals surface area contributed by atoms with Crippen molar-refractivity contribution in [2.45, 2.75) is 19.8 Å². The van der Waals surface area contributed by atoms with Gasteiger partial charge in [-0.2, -0.15) is 0 Å². The van der Waals surface area contributed by atoms with E-state index in [1.165, 1.54) is 5.56 Å². The average Bonchev–Trinajstić information content (AvgIpc) is 2.99. The number of carbonyl (C=O) groups excluding carboxylic acids is 1.